The van der Waals surface area contributed by atoms with E-state index in [2.05, 4.69) is 5.32 Å². The van der Waals surface area contributed by atoms with E-state index in [1.165, 1.54) is 16.2 Å². The summed E-state index contributed by atoms with van der Waals surface area (Å²) >= 11 is 1.39. The zero-order valence-corrected chi connectivity index (χ0v) is 10.3. The number of thiophene rings is 1. The van der Waals surface area contributed by atoms with Crippen molar-refractivity contribution < 1.29 is 9.59 Å². The molecule has 0 radical (unpaired) electrons. The number of hydrogen-bond donors (Lipinski definition) is 1. The van der Waals surface area contributed by atoms with Crippen LogP contribution in [0.1, 0.15) is 23.5 Å². The molecular weight excluding hydrogens is 224 g/mol. The second kappa shape index (κ2) is 6.27. The maximum Gasteiger partial charge on any atom is 0.264 e. The average molecular weight is 240 g/mol. The van der Waals surface area contributed by atoms with Crippen LogP contribution >= 0.6 is 11.3 Å². The SMILES string of the molecule is CCNC(=O)CN(CC)C(=O)c1cccs1. The quantitative estimate of drug-likeness (QED) is 0.844. The molecular formula is C11H16N2O2S. The van der Waals surface area contributed by atoms with Gasteiger partial charge in [0.1, 0.15) is 0 Å². The molecule has 0 unspecified atom stereocenters. The first kappa shape index (κ1) is 12.7. The van der Waals surface area contributed by atoms with Gasteiger partial charge in [-0.15, -0.1) is 11.3 Å². The third kappa shape index (κ3) is 3.34. The largest absolute Gasteiger partial charge is 0.355 e. The molecule has 0 saturated heterocycles. The fourth-order valence-corrected chi connectivity index (χ4v) is 2.00. The van der Waals surface area contributed by atoms with Crippen molar-refractivity contribution in [3.63, 3.8) is 0 Å². The van der Waals surface area contributed by atoms with Crippen LogP contribution in [0, 0.1) is 0 Å². The molecule has 0 bridgehead atoms. The van der Waals surface area contributed by atoms with Crippen molar-refractivity contribution in [3.05, 3.63) is 22.4 Å². The average Bonchev–Trinajstić information content (AvgIpc) is 2.78. The van der Waals surface area contributed by atoms with Gasteiger partial charge in [0.2, 0.25) is 5.91 Å². The maximum atomic E-state index is 11.9. The van der Waals surface area contributed by atoms with Gasteiger partial charge in [0, 0.05) is 13.1 Å². The van der Waals surface area contributed by atoms with Gasteiger partial charge in [-0.2, -0.15) is 0 Å². The normalized spacial score (nSPS) is 9.88. The van der Waals surface area contributed by atoms with E-state index in [0.717, 1.165) is 0 Å². The Bertz CT molecular complexity index is 349. The van der Waals surface area contributed by atoms with Crippen molar-refractivity contribution in [1.82, 2.24) is 10.2 Å². The topological polar surface area (TPSA) is 49.4 Å². The molecule has 1 aromatic rings. The zero-order chi connectivity index (χ0) is 12.0. The fraction of sp³-hybridized carbons (Fsp3) is 0.455. The molecule has 2 amide bonds. The lowest BCUT2D eigenvalue weighted by molar-refractivity contribution is -0.121. The second-order valence-corrected chi connectivity index (χ2v) is 4.20. The van der Waals surface area contributed by atoms with Gasteiger partial charge in [0.15, 0.2) is 0 Å². The van der Waals surface area contributed by atoms with Gasteiger partial charge in [0.25, 0.3) is 5.91 Å². The lowest BCUT2D eigenvalue weighted by Gasteiger charge is -2.19. The Kier molecular flexibility index (Phi) is 4.98. The van der Waals surface area contributed by atoms with Crippen molar-refractivity contribution in [2.45, 2.75) is 13.8 Å². The van der Waals surface area contributed by atoms with E-state index < -0.39 is 0 Å². The van der Waals surface area contributed by atoms with Gasteiger partial charge in [-0.05, 0) is 25.3 Å². The number of nitrogens with one attached hydrogen (secondary N) is 1. The van der Waals surface area contributed by atoms with Gasteiger partial charge in [0.05, 0.1) is 11.4 Å². The number of rotatable bonds is 5. The minimum absolute atomic E-state index is 0.0799. The van der Waals surface area contributed by atoms with Crippen LogP contribution in [0.15, 0.2) is 17.5 Å². The van der Waals surface area contributed by atoms with Gasteiger partial charge in [-0.3, -0.25) is 9.59 Å². The van der Waals surface area contributed by atoms with Crippen LogP contribution < -0.4 is 5.32 Å². The van der Waals surface area contributed by atoms with Crippen molar-refractivity contribution in [2.24, 2.45) is 0 Å². The summed E-state index contributed by atoms with van der Waals surface area (Å²) in [6.07, 6.45) is 0. The van der Waals surface area contributed by atoms with E-state index in [1.807, 2.05) is 25.3 Å². The van der Waals surface area contributed by atoms with Crippen molar-refractivity contribution in [3.8, 4) is 0 Å². The van der Waals surface area contributed by atoms with Crippen molar-refractivity contribution >= 4 is 23.2 Å². The third-order valence-corrected chi connectivity index (χ3v) is 2.97. The van der Waals surface area contributed by atoms with E-state index in [9.17, 15) is 9.59 Å². The highest BCUT2D eigenvalue weighted by Crippen LogP contribution is 2.11. The number of amides is 2. The molecule has 16 heavy (non-hydrogen) atoms. The van der Waals surface area contributed by atoms with E-state index in [1.54, 1.807) is 6.07 Å². The molecule has 0 aromatic carbocycles. The molecule has 0 spiro atoms. The standard InChI is InChI=1S/C11H16N2O2S/c1-3-12-10(14)8-13(4-2)11(15)9-6-5-7-16-9/h5-7H,3-4,8H2,1-2H3,(H,12,14). The first-order valence-electron chi connectivity index (χ1n) is 5.28. The first-order chi connectivity index (χ1) is 7.69. The molecule has 0 aliphatic rings. The summed E-state index contributed by atoms with van der Waals surface area (Å²) in [4.78, 5) is 25.5. The highest BCUT2D eigenvalue weighted by Gasteiger charge is 2.17. The molecule has 1 aromatic heterocycles. The first-order valence-corrected chi connectivity index (χ1v) is 6.16. The van der Waals surface area contributed by atoms with Crippen LogP contribution in [0.3, 0.4) is 0 Å². The zero-order valence-electron chi connectivity index (χ0n) is 9.53. The van der Waals surface area contributed by atoms with Crippen LogP contribution in [0.4, 0.5) is 0 Å². The molecule has 4 nitrogen and oxygen atoms in total. The van der Waals surface area contributed by atoms with Crippen molar-refractivity contribution in [1.29, 1.82) is 0 Å². The second-order valence-electron chi connectivity index (χ2n) is 3.25. The lowest BCUT2D eigenvalue weighted by Crippen LogP contribution is -2.40. The number of hydrogen-bond acceptors (Lipinski definition) is 3. The van der Waals surface area contributed by atoms with E-state index in [4.69, 9.17) is 0 Å². The molecule has 1 N–H and O–H groups in total. The molecule has 5 heteroatoms. The third-order valence-electron chi connectivity index (χ3n) is 2.11. The molecule has 0 aliphatic heterocycles. The summed E-state index contributed by atoms with van der Waals surface area (Å²) in [7, 11) is 0. The Morgan fingerprint density at radius 3 is 2.69 bits per heavy atom. The highest BCUT2D eigenvalue weighted by atomic mass is 32.1. The number of carbonyl (C=O) groups excluding carboxylic acids is 2. The Balaban J connectivity index is 2.61. The molecule has 0 aliphatic carbocycles. The molecule has 0 fully saturated rings. The summed E-state index contributed by atoms with van der Waals surface area (Å²) in [5.74, 6) is -0.196. The van der Waals surface area contributed by atoms with Crippen LogP contribution in [0.25, 0.3) is 0 Å². The smallest absolute Gasteiger partial charge is 0.264 e. The van der Waals surface area contributed by atoms with E-state index in [0.29, 0.717) is 18.0 Å². The van der Waals surface area contributed by atoms with Crippen LogP contribution in [0.2, 0.25) is 0 Å². The predicted octanol–water partition coefficient (Wildman–Crippen LogP) is 1.35. The Morgan fingerprint density at radius 2 is 2.19 bits per heavy atom. The number of likely N-dealkylation sites (N-methyl/N-ethyl adjacent to an activating group) is 2. The summed E-state index contributed by atoms with van der Waals surface area (Å²) < 4.78 is 0. The summed E-state index contributed by atoms with van der Waals surface area (Å²) in [5.41, 5.74) is 0. The highest BCUT2D eigenvalue weighted by molar-refractivity contribution is 7.12. The summed E-state index contributed by atoms with van der Waals surface area (Å²) in [5, 5.41) is 4.54. The van der Waals surface area contributed by atoms with Gasteiger partial charge in [-0.1, -0.05) is 6.07 Å². The monoisotopic (exact) mass is 240 g/mol. The minimum atomic E-state index is -0.116. The molecule has 1 heterocycles. The van der Waals surface area contributed by atoms with Crippen molar-refractivity contribution in [2.75, 3.05) is 19.6 Å². The molecule has 88 valence electrons. The van der Waals surface area contributed by atoms with Gasteiger partial charge < -0.3 is 10.2 Å². The minimum Gasteiger partial charge on any atom is -0.355 e. The Morgan fingerprint density at radius 1 is 1.44 bits per heavy atom. The number of carbonyl (C=O) groups is 2. The lowest BCUT2D eigenvalue weighted by atomic mass is 10.3. The number of nitrogens with zero attached hydrogens (tertiary/aromatic N) is 1. The molecule has 0 atom stereocenters. The van der Waals surface area contributed by atoms with Crippen LogP contribution in [-0.4, -0.2) is 36.3 Å². The molecule has 0 saturated carbocycles. The summed E-state index contributed by atoms with van der Waals surface area (Å²) in [6, 6.07) is 3.60. The van der Waals surface area contributed by atoms with Gasteiger partial charge >= 0.3 is 0 Å². The van der Waals surface area contributed by atoms with Crippen LogP contribution in [0.5, 0.6) is 0 Å². The summed E-state index contributed by atoms with van der Waals surface area (Å²) in [6.45, 7) is 4.97. The van der Waals surface area contributed by atoms with Gasteiger partial charge in [-0.25, -0.2) is 0 Å². The fourth-order valence-electron chi connectivity index (χ4n) is 1.31. The van der Waals surface area contributed by atoms with E-state index in [-0.39, 0.29) is 18.4 Å². The predicted molar refractivity (Wildman–Crippen MR) is 64.6 cm³/mol. The Labute approximate surface area is 99.3 Å². The van der Waals surface area contributed by atoms with E-state index >= 15 is 0 Å². The van der Waals surface area contributed by atoms with Crippen LogP contribution in [-0.2, 0) is 4.79 Å². The maximum absolute atomic E-state index is 11.9. The molecule has 1 rings (SSSR count). The Hall–Kier alpha value is -1.36.